The molecule has 2 aliphatic heterocycles. The van der Waals surface area contributed by atoms with E-state index in [-0.39, 0.29) is 5.91 Å². The van der Waals surface area contributed by atoms with Crippen LogP contribution in [-0.4, -0.2) is 54.1 Å². The number of nitrogens with one attached hydrogen (secondary N) is 1. The van der Waals surface area contributed by atoms with Gasteiger partial charge in [0.15, 0.2) is 0 Å². The fraction of sp³-hybridized carbons (Fsp3) is 0.765. The van der Waals surface area contributed by atoms with Gasteiger partial charge in [-0.3, -0.25) is 9.69 Å². The molecule has 8 nitrogen and oxygen atoms in total. The Morgan fingerprint density at radius 2 is 1.96 bits per heavy atom. The Morgan fingerprint density at radius 3 is 2.62 bits per heavy atom. The van der Waals surface area contributed by atoms with Crippen LogP contribution in [0.3, 0.4) is 0 Å². The second-order valence-corrected chi connectivity index (χ2v) is 9.28. The number of aryl methyl sites for hydroxylation is 1. The van der Waals surface area contributed by atoms with Gasteiger partial charge in [-0.1, -0.05) is 13.8 Å². The van der Waals surface area contributed by atoms with Crippen molar-refractivity contribution >= 4 is 21.9 Å². The Kier molecular flexibility index (Phi) is 5.69. The van der Waals surface area contributed by atoms with Crippen LogP contribution in [0.15, 0.2) is 12.3 Å². The average molecular weight is 384 g/mol. The highest BCUT2D eigenvalue weighted by atomic mass is 32.2. The maximum absolute atomic E-state index is 12.9. The van der Waals surface area contributed by atoms with Crippen LogP contribution in [0.25, 0.3) is 0 Å². The molecule has 2 fully saturated rings. The number of hydrogen-bond donors (Lipinski definition) is 1. The molecular formula is C17H29N5O3S. The van der Waals surface area contributed by atoms with Crippen molar-refractivity contribution < 1.29 is 13.2 Å². The topological polar surface area (TPSA) is 87.5 Å². The fourth-order valence-corrected chi connectivity index (χ4v) is 5.70. The molecule has 2 aliphatic rings. The maximum Gasteiger partial charge on any atom is 0.280 e. The van der Waals surface area contributed by atoms with E-state index in [4.69, 9.17) is 0 Å². The first-order valence-corrected chi connectivity index (χ1v) is 10.9. The van der Waals surface area contributed by atoms with Crippen molar-refractivity contribution in [2.24, 2.45) is 11.8 Å². The standard InChI is InChI=1S/C17H29N5O3S/c1-4-22-16(7-8-18-22)21-9-5-6-15(17(21)23)19-26(24,25)20-11-13(2)10-14(3)12-20/h7-8,13-15,19H,4-6,9-12H2,1-3H3/t13-,14-,15-/m0/s1. The van der Waals surface area contributed by atoms with E-state index in [0.717, 1.165) is 18.7 Å². The smallest absolute Gasteiger partial charge is 0.280 e. The summed E-state index contributed by atoms with van der Waals surface area (Å²) in [6.45, 7) is 8.35. The van der Waals surface area contributed by atoms with Gasteiger partial charge < -0.3 is 0 Å². The lowest BCUT2D eigenvalue weighted by molar-refractivity contribution is -0.121. The summed E-state index contributed by atoms with van der Waals surface area (Å²) in [7, 11) is -3.68. The van der Waals surface area contributed by atoms with Crippen molar-refractivity contribution in [2.45, 2.75) is 52.6 Å². The molecule has 0 radical (unpaired) electrons. The normalized spacial score (nSPS) is 28.5. The quantitative estimate of drug-likeness (QED) is 0.828. The Balaban J connectivity index is 1.73. The van der Waals surface area contributed by atoms with Crippen LogP contribution >= 0.6 is 0 Å². The molecule has 0 spiro atoms. The molecule has 0 unspecified atom stereocenters. The van der Waals surface area contributed by atoms with E-state index in [2.05, 4.69) is 23.7 Å². The van der Waals surface area contributed by atoms with Gasteiger partial charge in [0.1, 0.15) is 11.9 Å². The number of nitrogens with zero attached hydrogens (tertiary/aromatic N) is 4. The van der Waals surface area contributed by atoms with Crippen LogP contribution in [0.1, 0.15) is 40.0 Å². The highest BCUT2D eigenvalue weighted by molar-refractivity contribution is 7.87. The van der Waals surface area contributed by atoms with E-state index in [9.17, 15) is 13.2 Å². The molecule has 26 heavy (non-hydrogen) atoms. The van der Waals surface area contributed by atoms with Crippen LogP contribution in [-0.2, 0) is 21.5 Å². The van der Waals surface area contributed by atoms with Gasteiger partial charge in [0.05, 0.1) is 6.20 Å². The van der Waals surface area contributed by atoms with Crippen molar-refractivity contribution in [3.05, 3.63) is 12.3 Å². The Morgan fingerprint density at radius 1 is 1.27 bits per heavy atom. The predicted octanol–water partition coefficient (Wildman–Crippen LogP) is 1.21. The number of anilines is 1. The van der Waals surface area contributed by atoms with E-state index in [1.807, 2.05) is 6.92 Å². The van der Waals surface area contributed by atoms with Crippen molar-refractivity contribution in [1.29, 1.82) is 0 Å². The minimum absolute atomic E-state index is 0.201. The molecule has 3 heterocycles. The lowest BCUT2D eigenvalue weighted by Gasteiger charge is -2.37. The molecule has 1 amide bonds. The first kappa shape index (κ1) is 19.3. The maximum atomic E-state index is 12.9. The first-order chi connectivity index (χ1) is 12.3. The summed E-state index contributed by atoms with van der Waals surface area (Å²) in [5.74, 6) is 1.18. The summed E-state index contributed by atoms with van der Waals surface area (Å²) in [5, 5.41) is 4.21. The second-order valence-electron chi connectivity index (χ2n) is 7.58. The minimum Gasteiger partial charge on any atom is -0.296 e. The van der Waals surface area contributed by atoms with E-state index >= 15 is 0 Å². The molecule has 1 aromatic rings. The molecule has 0 saturated carbocycles. The largest absolute Gasteiger partial charge is 0.296 e. The molecule has 3 atom stereocenters. The van der Waals surface area contributed by atoms with E-state index in [1.54, 1.807) is 21.8 Å². The zero-order chi connectivity index (χ0) is 18.9. The molecule has 0 bridgehead atoms. The van der Waals surface area contributed by atoms with Gasteiger partial charge in [-0.05, 0) is 38.0 Å². The number of carbonyl (C=O) groups is 1. The fourth-order valence-electron chi connectivity index (χ4n) is 4.07. The Hall–Kier alpha value is -1.45. The zero-order valence-electron chi connectivity index (χ0n) is 15.8. The van der Waals surface area contributed by atoms with Gasteiger partial charge in [-0.2, -0.15) is 22.5 Å². The van der Waals surface area contributed by atoms with E-state index < -0.39 is 16.3 Å². The summed E-state index contributed by atoms with van der Waals surface area (Å²) in [4.78, 5) is 14.6. The molecule has 2 saturated heterocycles. The number of aromatic nitrogens is 2. The number of amides is 1. The van der Waals surface area contributed by atoms with Crippen LogP contribution in [0.4, 0.5) is 5.82 Å². The van der Waals surface area contributed by atoms with Gasteiger partial charge >= 0.3 is 0 Å². The molecule has 3 rings (SSSR count). The second kappa shape index (κ2) is 7.66. The number of hydrogen-bond acceptors (Lipinski definition) is 4. The molecule has 1 aromatic heterocycles. The predicted molar refractivity (Wildman–Crippen MR) is 99.8 cm³/mol. The average Bonchev–Trinajstić information content (AvgIpc) is 3.04. The third-order valence-corrected chi connectivity index (χ3v) is 6.74. The summed E-state index contributed by atoms with van der Waals surface area (Å²) in [5.41, 5.74) is 0. The van der Waals surface area contributed by atoms with Crippen molar-refractivity contribution in [1.82, 2.24) is 18.8 Å². The lowest BCUT2D eigenvalue weighted by Crippen LogP contribution is -2.57. The summed E-state index contributed by atoms with van der Waals surface area (Å²) < 4.78 is 31.6. The van der Waals surface area contributed by atoms with Crippen molar-refractivity contribution in [3.63, 3.8) is 0 Å². The van der Waals surface area contributed by atoms with E-state index in [1.165, 1.54) is 4.31 Å². The van der Waals surface area contributed by atoms with Gasteiger partial charge in [-0.25, -0.2) is 4.68 Å². The van der Waals surface area contributed by atoms with Gasteiger partial charge in [-0.15, -0.1) is 0 Å². The lowest BCUT2D eigenvalue weighted by atomic mass is 9.94. The van der Waals surface area contributed by atoms with Crippen LogP contribution in [0.2, 0.25) is 0 Å². The van der Waals surface area contributed by atoms with Crippen LogP contribution < -0.4 is 9.62 Å². The summed E-state index contributed by atoms with van der Waals surface area (Å²) >= 11 is 0. The monoisotopic (exact) mass is 383 g/mol. The minimum atomic E-state index is -3.68. The third-order valence-electron chi connectivity index (χ3n) is 5.18. The molecular weight excluding hydrogens is 354 g/mol. The Bertz CT molecular complexity index is 737. The van der Waals surface area contributed by atoms with Crippen molar-refractivity contribution in [3.8, 4) is 0 Å². The van der Waals surface area contributed by atoms with Crippen LogP contribution in [0.5, 0.6) is 0 Å². The molecule has 146 valence electrons. The van der Waals surface area contributed by atoms with Crippen molar-refractivity contribution in [2.75, 3.05) is 24.5 Å². The first-order valence-electron chi connectivity index (χ1n) is 9.42. The highest BCUT2D eigenvalue weighted by Gasteiger charge is 2.37. The number of rotatable bonds is 5. The number of piperidine rings is 2. The molecule has 0 aliphatic carbocycles. The summed E-state index contributed by atoms with van der Waals surface area (Å²) in [6, 6.07) is 1.08. The Labute approximate surface area is 155 Å². The van der Waals surface area contributed by atoms with Gasteiger partial charge in [0.25, 0.3) is 10.2 Å². The highest BCUT2D eigenvalue weighted by Crippen LogP contribution is 2.25. The molecule has 9 heteroatoms. The SMILES string of the molecule is CCn1nccc1N1CCC[C@H](NS(=O)(=O)N2C[C@@H](C)C[C@H](C)C2)C1=O. The van der Waals surface area contributed by atoms with Gasteiger partial charge in [0, 0.05) is 32.2 Å². The van der Waals surface area contributed by atoms with Gasteiger partial charge in [0.2, 0.25) is 5.91 Å². The molecule has 0 aromatic carbocycles. The van der Waals surface area contributed by atoms with Crippen LogP contribution in [0, 0.1) is 11.8 Å². The summed E-state index contributed by atoms with van der Waals surface area (Å²) in [6.07, 6.45) is 3.97. The third kappa shape index (κ3) is 3.94. The van der Waals surface area contributed by atoms with E-state index in [0.29, 0.717) is 44.4 Å². The zero-order valence-corrected chi connectivity index (χ0v) is 16.6. The molecule has 1 N–H and O–H groups in total. The number of carbonyl (C=O) groups excluding carboxylic acids is 1.